The number of rotatable bonds is 5. The summed E-state index contributed by atoms with van der Waals surface area (Å²) >= 11 is 6.91. The first-order chi connectivity index (χ1) is 19.0. The van der Waals surface area contributed by atoms with Crippen LogP contribution in [-0.4, -0.2) is 76.8 Å². The summed E-state index contributed by atoms with van der Waals surface area (Å²) in [4.78, 5) is 28.6. The fourth-order valence-corrected chi connectivity index (χ4v) is 6.29. The second kappa shape index (κ2) is 9.85. The number of hydrogen-bond acceptors (Lipinski definition) is 7. The largest absolute Gasteiger partial charge is 0.364 e. The Bertz CT molecular complexity index is 1650. The van der Waals surface area contributed by atoms with Crippen LogP contribution in [0.25, 0.3) is 32.9 Å². The van der Waals surface area contributed by atoms with Crippen LogP contribution in [0, 0.1) is 18.7 Å². The molecule has 11 heteroatoms. The molecule has 2 aromatic carbocycles. The minimum absolute atomic E-state index is 0.0414. The molecule has 3 N–H and O–H groups in total. The number of anilines is 2. The minimum Gasteiger partial charge on any atom is -0.364 e. The highest BCUT2D eigenvalue weighted by atomic mass is 35.5. The maximum atomic E-state index is 16.9. The van der Waals surface area contributed by atoms with Crippen molar-refractivity contribution in [1.82, 2.24) is 25.1 Å². The van der Waals surface area contributed by atoms with Gasteiger partial charge in [0.1, 0.15) is 11.3 Å². The van der Waals surface area contributed by atoms with Gasteiger partial charge in [-0.15, -0.1) is 0 Å². The average molecular weight is 565 g/mol. The van der Waals surface area contributed by atoms with Gasteiger partial charge < -0.3 is 20.4 Å². The van der Waals surface area contributed by atoms with E-state index in [-0.39, 0.29) is 27.8 Å². The molecule has 2 aliphatic heterocycles. The lowest BCUT2D eigenvalue weighted by atomic mass is 9.93. The van der Waals surface area contributed by atoms with E-state index in [9.17, 15) is 4.79 Å². The third-order valence-corrected chi connectivity index (χ3v) is 8.84. The van der Waals surface area contributed by atoms with E-state index in [1.165, 1.54) is 0 Å². The van der Waals surface area contributed by atoms with Crippen LogP contribution >= 0.6 is 11.6 Å². The van der Waals surface area contributed by atoms with Gasteiger partial charge in [-0.3, -0.25) is 9.89 Å². The molecule has 2 aliphatic rings. The Morgan fingerprint density at radius 2 is 1.90 bits per heavy atom. The predicted molar refractivity (Wildman–Crippen MR) is 158 cm³/mol. The van der Waals surface area contributed by atoms with Gasteiger partial charge in [0.15, 0.2) is 11.5 Å². The SMILES string of the molecule is Cc1ccc2[nH]nc(C(N)=O)c2c1-c1c(Cl)cc2c(N3C[C@@H](C)CC[C@@H]3C)nc(N3CC(N(C)C)C3)nc2c1F. The number of hydrogen-bond donors (Lipinski definition) is 2. The van der Waals surface area contributed by atoms with Gasteiger partial charge in [-0.1, -0.05) is 24.6 Å². The number of aromatic nitrogens is 4. The topological polar surface area (TPSA) is 107 Å². The van der Waals surface area contributed by atoms with E-state index in [1.54, 1.807) is 12.1 Å². The number of halogens is 2. The van der Waals surface area contributed by atoms with Gasteiger partial charge in [0.25, 0.3) is 5.91 Å². The van der Waals surface area contributed by atoms with E-state index < -0.39 is 11.7 Å². The quantitative estimate of drug-likeness (QED) is 0.360. The van der Waals surface area contributed by atoms with Crippen LogP contribution in [0.3, 0.4) is 0 Å². The van der Waals surface area contributed by atoms with Crippen molar-refractivity contribution in [2.75, 3.05) is 43.5 Å². The first kappa shape index (κ1) is 26.7. The van der Waals surface area contributed by atoms with Crippen molar-refractivity contribution < 1.29 is 9.18 Å². The summed E-state index contributed by atoms with van der Waals surface area (Å²) in [6.07, 6.45) is 2.17. The van der Waals surface area contributed by atoms with Crippen molar-refractivity contribution in [2.24, 2.45) is 11.7 Å². The molecule has 1 amide bonds. The number of carbonyl (C=O) groups excluding carboxylic acids is 1. The Hall–Kier alpha value is -3.50. The van der Waals surface area contributed by atoms with E-state index >= 15 is 4.39 Å². The maximum absolute atomic E-state index is 16.9. The van der Waals surface area contributed by atoms with Gasteiger partial charge in [-0.25, -0.2) is 9.37 Å². The number of aromatic amines is 1. The summed E-state index contributed by atoms with van der Waals surface area (Å²) in [7, 11) is 4.11. The Morgan fingerprint density at radius 3 is 2.60 bits per heavy atom. The van der Waals surface area contributed by atoms with Crippen LogP contribution in [0.2, 0.25) is 5.02 Å². The molecule has 6 rings (SSSR count). The Balaban J connectivity index is 1.61. The standard InChI is InChI=1S/C29H34ClFN8O/c1-14-6-8-16(3)39(11-14)28-18-10-19(30)22(21-15(2)7-9-20-23(21)26(27(32)40)36-35-20)24(31)25(18)33-29(34-28)38-12-17(13-38)37(4)5/h7,9-10,14,16-17H,6,8,11-13H2,1-5H3,(H2,32,40)(H,35,36)/t14-,16-/m0/s1. The fourth-order valence-electron chi connectivity index (χ4n) is 6.01. The Morgan fingerprint density at radius 1 is 1.15 bits per heavy atom. The van der Waals surface area contributed by atoms with E-state index in [0.29, 0.717) is 45.6 Å². The first-order valence-corrected chi connectivity index (χ1v) is 14.1. The molecule has 0 aliphatic carbocycles. The predicted octanol–water partition coefficient (Wildman–Crippen LogP) is 4.75. The van der Waals surface area contributed by atoms with Gasteiger partial charge in [0.05, 0.1) is 10.5 Å². The molecular weight excluding hydrogens is 531 g/mol. The van der Waals surface area contributed by atoms with Crippen LogP contribution in [-0.2, 0) is 0 Å². The number of nitrogens with one attached hydrogen (secondary N) is 1. The summed E-state index contributed by atoms with van der Waals surface area (Å²) in [6, 6.07) is 6.03. The van der Waals surface area contributed by atoms with Gasteiger partial charge in [0, 0.05) is 53.6 Å². The normalized spacial score (nSPS) is 20.1. The van der Waals surface area contributed by atoms with Crippen LogP contribution < -0.4 is 15.5 Å². The van der Waals surface area contributed by atoms with Crippen LogP contribution in [0.15, 0.2) is 18.2 Å². The van der Waals surface area contributed by atoms with Gasteiger partial charge in [0.2, 0.25) is 5.95 Å². The van der Waals surface area contributed by atoms with Gasteiger partial charge in [-0.2, -0.15) is 10.1 Å². The lowest BCUT2D eigenvalue weighted by molar-refractivity contribution is 0.0997. The number of benzene rings is 2. The molecule has 0 radical (unpaired) electrons. The van der Waals surface area contributed by atoms with E-state index in [4.69, 9.17) is 27.3 Å². The molecule has 4 heterocycles. The molecule has 0 unspecified atom stereocenters. The molecule has 4 aromatic rings. The first-order valence-electron chi connectivity index (χ1n) is 13.7. The molecule has 2 saturated heterocycles. The number of H-pyrrole nitrogens is 1. The zero-order valence-corrected chi connectivity index (χ0v) is 24.2. The minimum atomic E-state index is -0.705. The van der Waals surface area contributed by atoms with E-state index in [0.717, 1.165) is 38.0 Å². The van der Waals surface area contributed by atoms with Crippen molar-refractivity contribution in [3.63, 3.8) is 0 Å². The van der Waals surface area contributed by atoms with Crippen molar-refractivity contribution in [1.29, 1.82) is 0 Å². The smallest absolute Gasteiger partial charge is 0.269 e. The molecule has 2 fully saturated rings. The number of aryl methyl sites for hydroxylation is 1. The molecule has 0 saturated carbocycles. The summed E-state index contributed by atoms with van der Waals surface area (Å²) < 4.78 is 16.9. The fraction of sp³-hybridized carbons (Fsp3) is 0.448. The lowest BCUT2D eigenvalue weighted by Gasteiger charge is -2.43. The third-order valence-electron chi connectivity index (χ3n) is 8.54. The number of likely N-dealkylation sites (N-methyl/N-ethyl adjacent to an activating group) is 1. The van der Waals surface area contributed by atoms with Gasteiger partial charge in [-0.05, 0) is 64.4 Å². The molecule has 9 nitrogen and oxygen atoms in total. The summed E-state index contributed by atoms with van der Waals surface area (Å²) in [6.45, 7) is 8.62. The zero-order valence-electron chi connectivity index (χ0n) is 23.4. The molecular formula is C29H34ClFN8O. The van der Waals surface area contributed by atoms with Crippen LogP contribution in [0.5, 0.6) is 0 Å². The van der Waals surface area contributed by atoms with E-state index in [2.05, 4.69) is 52.8 Å². The van der Waals surface area contributed by atoms with E-state index in [1.807, 2.05) is 13.0 Å². The van der Waals surface area contributed by atoms with Crippen molar-refractivity contribution in [3.05, 3.63) is 40.3 Å². The number of fused-ring (bicyclic) bond motifs is 2. The summed E-state index contributed by atoms with van der Waals surface area (Å²) in [5, 5.41) is 8.17. The van der Waals surface area contributed by atoms with Crippen LogP contribution in [0.1, 0.15) is 42.7 Å². The molecule has 0 bridgehead atoms. The zero-order chi connectivity index (χ0) is 28.5. The number of primary amides is 1. The molecule has 2 aromatic heterocycles. The Kier molecular flexibility index (Phi) is 6.58. The summed E-state index contributed by atoms with van der Waals surface area (Å²) in [5.74, 6) is 0.441. The number of carbonyl (C=O) groups is 1. The number of nitrogens with two attached hydrogens (primary N) is 1. The lowest BCUT2D eigenvalue weighted by Crippen LogP contribution is -2.58. The highest BCUT2D eigenvalue weighted by molar-refractivity contribution is 6.35. The van der Waals surface area contributed by atoms with Crippen molar-refractivity contribution in [3.8, 4) is 11.1 Å². The number of amides is 1. The third kappa shape index (κ3) is 4.25. The maximum Gasteiger partial charge on any atom is 0.269 e. The number of piperidine rings is 1. The average Bonchev–Trinajstić information content (AvgIpc) is 3.30. The second-order valence-corrected chi connectivity index (χ2v) is 12.0. The Labute approximate surface area is 237 Å². The molecule has 40 heavy (non-hydrogen) atoms. The van der Waals surface area contributed by atoms with Crippen LogP contribution in [0.4, 0.5) is 16.2 Å². The monoisotopic (exact) mass is 564 g/mol. The molecule has 0 spiro atoms. The van der Waals surface area contributed by atoms with Gasteiger partial charge >= 0.3 is 0 Å². The highest BCUT2D eigenvalue weighted by Gasteiger charge is 2.34. The molecule has 210 valence electrons. The molecule has 2 atom stereocenters. The highest BCUT2D eigenvalue weighted by Crippen LogP contribution is 2.44. The summed E-state index contributed by atoms with van der Waals surface area (Å²) in [5.41, 5.74) is 7.84. The second-order valence-electron chi connectivity index (χ2n) is 11.6. The van der Waals surface area contributed by atoms with Crippen molar-refractivity contribution >= 4 is 51.1 Å². The van der Waals surface area contributed by atoms with Crippen molar-refractivity contribution in [2.45, 2.75) is 45.7 Å². The number of nitrogens with zero attached hydrogens (tertiary/aromatic N) is 6.